The maximum atomic E-state index is 11.6. The van der Waals surface area contributed by atoms with Crippen LogP contribution in [0, 0.1) is 11.8 Å². The molecule has 1 N–H and O–H groups in total. The number of hydrogen-bond donors (Lipinski definition) is 1. The van der Waals surface area contributed by atoms with Crippen molar-refractivity contribution in [2.24, 2.45) is 11.8 Å². The van der Waals surface area contributed by atoms with E-state index in [0.717, 1.165) is 51.4 Å². The molecule has 4 nitrogen and oxygen atoms in total. The molecule has 0 amide bonds. The maximum absolute atomic E-state index is 11.6. The Balaban J connectivity index is 2.28. The highest BCUT2D eigenvalue weighted by atomic mass is 32.2. The van der Waals surface area contributed by atoms with Crippen molar-refractivity contribution >= 4 is 21.1 Å². The van der Waals surface area contributed by atoms with E-state index in [-0.39, 0.29) is 12.3 Å². The fourth-order valence-electron chi connectivity index (χ4n) is 3.53. The standard InChI is InChI=1S/C20H34O4S/c1-2-3-8-11-17-14-15-18(19(16-17)25(23)24)12-9-6-4-5-7-10-13-20(21)22/h14-15,17-18H,2-13,16H2,1H3,(H,21,22). The van der Waals surface area contributed by atoms with Crippen LogP contribution >= 0.6 is 0 Å². The molecule has 2 atom stereocenters. The molecular weight excluding hydrogens is 336 g/mol. The van der Waals surface area contributed by atoms with Crippen LogP contribution in [0.2, 0.25) is 0 Å². The van der Waals surface area contributed by atoms with Crippen molar-refractivity contribution in [1.82, 2.24) is 0 Å². The molecule has 0 aromatic heterocycles. The summed E-state index contributed by atoms with van der Waals surface area (Å²) in [4.78, 5) is 11.1. The third-order valence-corrected chi connectivity index (χ3v) is 5.94. The van der Waals surface area contributed by atoms with Crippen molar-refractivity contribution in [2.45, 2.75) is 90.4 Å². The van der Waals surface area contributed by atoms with Crippen LogP contribution in [0.1, 0.15) is 90.4 Å². The zero-order chi connectivity index (χ0) is 18.5. The van der Waals surface area contributed by atoms with Gasteiger partial charge in [-0.1, -0.05) is 70.4 Å². The Morgan fingerprint density at radius 3 is 2.28 bits per heavy atom. The highest BCUT2D eigenvalue weighted by molar-refractivity contribution is 7.73. The molecule has 1 aliphatic rings. The van der Waals surface area contributed by atoms with Gasteiger partial charge in [0.1, 0.15) is 0 Å². The topological polar surface area (TPSA) is 71.4 Å². The first-order valence-corrected chi connectivity index (χ1v) is 11.0. The minimum atomic E-state index is -2.07. The molecule has 25 heavy (non-hydrogen) atoms. The largest absolute Gasteiger partial charge is 0.481 e. The Kier molecular flexibility index (Phi) is 11.5. The van der Waals surface area contributed by atoms with E-state index < -0.39 is 16.3 Å². The zero-order valence-electron chi connectivity index (χ0n) is 15.6. The van der Waals surface area contributed by atoms with Gasteiger partial charge in [-0.3, -0.25) is 4.79 Å². The Labute approximate surface area is 154 Å². The van der Waals surface area contributed by atoms with E-state index in [1.165, 1.54) is 19.3 Å². The predicted molar refractivity (Wildman–Crippen MR) is 103 cm³/mol. The van der Waals surface area contributed by atoms with E-state index in [1.54, 1.807) is 0 Å². The van der Waals surface area contributed by atoms with Crippen LogP contribution in [-0.4, -0.2) is 24.4 Å². The van der Waals surface area contributed by atoms with Crippen LogP contribution in [0.4, 0.5) is 0 Å². The molecule has 0 radical (unpaired) electrons. The first kappa shape index (κ1) is 21.9. The molecule has 2 unspecified atom stereocenters. The Morgan fingerprint density at radius 2 is 1.64 bits per heavy atom. The van der Waals surface area contributed by atoms with Crippen LogP contribution in [0.15, 0.2) is 12.2 Å². The van der Waals surface area contributed by atoms with E-state index in [0.29, 0.717) is 17.2 Å². The van der Waals surface area contributed by atoms with Crippen LogP contribution in [-0.2, 0) is 15.1 Å². The maximum Gasteiger partial charge on any atom is 0.303 e. The van der Waals surface area contributed by atoms with Crippen molar-refractivity contribution < 1.29 is 18.3 Å². The van der Waals surface area contributed by atoms with Crippen molar-refractivity contribution in [2.75, 3.05) is 0 Å². The third-order valence-electron chi connectivity index (χ3n) is 5.04. The van der Waals surface area contributed by atoms with Gasteiger partial charge in [-0.15, -0.1) is 0 Å². The van der Waals surface area contributed by atoms with Gasteiger partial charge in [0, 0.05) is 12.3 Å². The molecule has 0 saturated heterocycles. The van der Waals surface area contributed by atoms with Crippen molar-refractivity contribution in [3.8, 4) is 0 Å². The van der Waals surface area contributed by atoms with E-state index in [4.69, 9.17) is 5.11 Å². The van der Waals surface area contributed by atoms with Gasteiger partial charge in [0.2, 0.25) is 10.3 Å². The Morgan fingerprint density at radius 1 is 1.00 bits per heavy atom. The minimum absolute atomic E-state index is 0.0905. The van der Waals surface area contributed by atoms with Gasteiger partial charge in [0.15, 0.2) is 0 Å². The SMILES string of the molecule is CCCCCC1C=CC(CCCCCCCCC(=O)O)C(=S(=O)=O)C1. The predicted octanol–water partition coefficient (Wildman–Crippen LogP) is 5.02. The van der Waals surface area contributed by atoms with Crippen molar-refractivity contribution in [3.63, 3.8) is 0 Å². The second-order valence-corrected chi connectivity index (χ2v) is 8.20. The lowest BCUT2D eigenvalue weighted by Gasteiger charge is -2.23. The Hall–Kier alpha value is -1.10. The molecule has 0 fully saturated rings. The first-order valence-electron chi connectivity index (χ1n) is 9.89. The van der Waals surface area contributed by atoms with E-state index in [1.807, 2.05) is 0 Å². The fraction of sp³-hybridized carbons (Fsp3) is 0.800. The minimum Gasteiger partial charge on any atom is -0.481 e. The van der Waals surface area contributed by atoms with Gasteiger partial charge in [0.05, 0.1) is 4.86 Å². The summed E-state index contributed by atoms with van der Waals surface area (Å²) >= 11 is 0. The lowest BCUT2D eigenvalue weighted by molar-refractivity contribution is -0.137. The summed E-state index contributed by atoms with van der Waals surface area (Å²) in [5, 5.41) is 8.59. The molecule has 1 rings (SSSR count). The van der Waals surface area contributed by atoms with Gasteiger partial charge in [-0.2, -0.15) is 8.42 Å². The first-order chi connectivity index (χ1) is 12.0. The summed E-state index contributed by atoms with van der Waals surface area (Å²) in [5.41, 5.74) is 0. The molecule has 5 heteroatoms. The van der Waals surface area contributed by atoms with Gasteiger partial charge in [-0.05, 0) is 31.6 Å². The van der Waals surface area contributed by atoms with Gasteiger partial charge >= 0.3 is 5.97 Å². The van der Waals surface area contributed by atoms with Crippen LogP contribution < -0.4 is 0 Å². The fourth-order valence-corrected chi connectivity index (χ4v) is 4.32. The molecule has 0 aromatic rings. The molecule has 0 spiro atoms. The molecule has 0 saturated carbocycles. The quantitative estimate of drug-likeness (QED) is 0.281. The summed E-state index contributed by atoms with van der Waals surface area (Å²) in [7, 11) is -2.07. The van der Waals surface area contributed by atoms with Gasteiger partial charge in [0.25, 0.3) is 0 Å². The van der Waals surface area contributed by atoms with E-state index >= 15 is 0 Å². The average Bonchev–Trinajstić information content (AvgIpc) is 2.57. The van der Waals surface area contributed by atoms with E-state index in [9.17, 15) is 13.2 Å². The summed E-state index contributed by atoms with van der Waals surface area (Å²) in [5.74, 6) is -0.233. The van der Waals surface area contributed by atoms with Crippen molar-refractivity contribution in [3.05, 3.63) is 12.2 Å². The van der Waals surface area contributed by atoms with Crippen LogP contribution in [0.25, 0.3) is 0 Å². The molecule has 0 bridgehead atoms. The second-order valence-electron chi connectivity index (χ2n) is 7.21. The second kappa shape index (κ2) is 13.2. The van der Waals surface area contributed by atoms with Crippen LogP contribution in [0.5, 0.6) is 0 Å². The summed E-state index contributed by atoms with van der Waals surface area (Å²) in [6.45, 7) is 2.18. The molecule has 0 aromatic carbocycles. The van der Waals surface area contributed by atoms with Gasteiger partial charge in [-0.25, -0.2) is 0 Å². The number of aliphatic carboxylic acids is 1. The zero-order valence-corrected chi connectivity index (χ0v) is 16.4. The molecule has 0 heterocycles. The molecule has 144 valence electrons. The molecular formula is C20H34O4S. The lowest BCUT2D eigenvalue weighted by Crippen LogP contribution is -2.21. The number of carboxylic acids is 1. The van der Waals surface area contributed by atoms with E-state index in [2.05, 4.69) is 19.1 Å². The number of unbranched alkanes of at least 4 members (excludes halogenated alkanes) is 7. The van der Waals surface area contributed by atoms with Crippen molar-refractivity contribution in [1.29, 1.82) is 0 Å². The number of allylic oxidation sites excluding steroid dienone is 2. The number of carboxylic acid groups (broad SMARTS) is 1. The molecule has 0 aliphatic heterocycles. The highest BCUT2D eigenvalue weighted by Crippen LogP contribution is 2.27. The summed E-state index contributed by atoms with van der Waals surface area (Å²) < 4.78 is 23.2. The molecule has 1 aliphatic carbocycles. The number of carbonyl (C=O) groups is 1. The Bertz CT molecular complexity index is 540. The smallest absolute Gasteiger partial charge is 0.303 e. The number of rotatable bonds is 13. The van der Waals surface area contributed by atoms with Crippen LogP contribution in [0.3, 0.4) is 0 Å². The lowest BCUT2D eigenvalue weighted by atomic mass is 9.83. The highest BCUT2D eigenvalue weighted by Gasteiger charge is 2.22. The normalized spacial score (nSPS) is 20.0. The summed E-state index contributed by atoms with van der Waals surface area (Å²) in [6, 6.07) is 0. The third kappa shape index (κ3) is 9.83. The van der Waals surface area contributed by atoms with Gasteiger partial charge < -0.3 is 5.11 Å². The monoisotopic (exact) mass is 370 g/mol. The summed E-state index contributed by atoms with van der Waals surface area (Å²) in [6.07, 6.45) is 17.0. The number of hydrogen-bond acceptors (Lipinski definition) is 3. The average molecular weight is 371 g/mol.